The van der Waals surface area contributed by atoms with Crippen LogP contribution >= 0.6 is 0 Å². The van der Waals surface area contributed by atoms with Crippen LogP contribution in [-0.2, 0) is 4.79 Å². The fourth-order valence-electron chi connectivity index (χ4n) is 0.798. The summed E-state index contributed by atoms with van der Waals surface area (Å²) in [6.45, 7) is 4.42. The van der Waals surface area contributed by atoms with Gasteiger partial charge in [-0.3, -0.25) is 9.79 Å². The number of carbonyl (C=O) groups is 1. The molecule has 0 saturated carbocycles. The van der Waals surface area contributed by atoms with Crippen LogP contribution in [0, 0.1) is 4.91 Å². The average Bonchev–Trinajstić information content (AvgIpc) is 2.17. The van der Waals surface area contributed by atoms with Gasteiger partial charge in [-0.05, 0) is 19.6 Å². The van der Waals surface area contributed by atoms with E-state index in [1.807, 2.05) is 13.8 Å². The molecule has 0 unspecified atom stereocenters. The van der Waals surface area contributed by atoms with Crippen molar-refractivity contribution in [2.24, 2.45) is 10.2 Å². The SMILES string of the molecule is CC=NC/C(=C\CC(=O)N=O)CC. The number of aliphatic imine (C=N–C) groups is 1. The van der Waals surface area contributed by atoms with E-state index in [4.69, 9.17) is 0 Å². The van der Waals surface area contributed by atoms with Gasteiger partial charge in [-0.1, -0.05) is 18.6 Å². The lowest BCUT2D eigenvalue weighted by atomic mass is 10.1. The van der Waals surface area contributed by atoms with Gasteiger partial charge in [0.15, 0.2) is 0 Å². The fourth-order valence-corrected chi connectivity index (χ4v) is 0.798. The molecule has 4 heteroatoms. The summed E-state index contributed by atoms with van der Waals surface area (Å²) in [5.74, 6) is -0.633. The van der Waals surface area contributed by atoms with E-state index in [0.717, 1.165) is 12.0 Å². The highest BCUT2D eigenvalue weighted by Gasteiger charge is 1.98. The first kappa shape index (κ1) is 11.7. The number of carbonyl (C=O) groups excluding carboxylic acids is 1. The summed E-state index contributed by atoms with van der Waals surface area (Å²) in [7, 11) is 0. The molecule has 0 saturated heterocycles. The van der Waals surface area contributed by atoms with Crippen LogP contribution in [0.2, 0.25) is 0 Å². The molecule has 0 fully saturated rings. The summed E-state index contributed by atoms with van der Waals surface area (Å²) in [6, 6.07) is 0. The number of nitroso groups, excluding NO2 is 1. The van der Waals surface area contributed by atoms with Gasteiger partial charge in [0.25, 0.3) is 5.91 Å². The Morgan fingerprint density at radius 3 is 2.62 bits per heavy atom. The molecule has 0 aromatic rings. The van der Waals surface area contributed by atoms with Gasteiger partial charge in [-0.15, -0.1) is 4.91 Å². The third kappa shape index (κ3) is 5.90. The number of rotatable bonds is 5. The molecule has 0 radical (unpaired) electrons. The number of hydrogen-bond acceptors (Lipinski definition) is 3. The average molecular weight is 182 g/mol. The van der Waals surface area contributed by atoms with Gasteiger partial charge in [-0.2, -0.15) is 0 Å². The normalized spacial score (nSPS) is 12.0. The molecule has 0 aliphatic heterocycles. The summed E-state index contributed by atoms with van der Waals surface area (Å²) < 4.78 is 0. The fraction of sp³-hybridized carbons (Fsp3) is 0.556. The van der Waals surface area contributed by atoms with Gasteiger partial charge in [0.2, 0.25) is 0 Å². The molecule has 1 amide bonds. The lowest BCUT2D eigenvalue weighted by Crippen LogP contribution is -1.92. The van der Waals surface area contributed by atoms with Crippen molar-refractivity contribution in [2.75, 3.05) is 6.54 Å². The van der Waals surface area contributed by atoms with Crippen LogP contribution in [-0.4, -0.2) is 18.7 Å². The maximum atomic E-state index is 10.5. The smallest absolute Gasteiger partial charge is 0.290 e. The quantitative estimate of drug-likeness (QED) is 0.371. The first-order chi connectivity index (χ1) is 6.24. The van der Waals surface area contributed by atoms with Crippen LogP contribution in [0.3, 0.4) is 0 Å². The minimum atomic E-state index is -0.633. The maximum absolute atomic E-state index is 10.5. The van der Waals surface area contributed by atoms with Crippen LogP contribution in [0.4, 0.5) is 0 Å². The zero-order chi connectivity index (χ0) is 10.1. The Kier molecular flexibility index (Phi) is 6.59. The maximum Gasteiger partial charge on any atom is 0.290 e. The first-order valence-electron chi connectivity index (χ1n) is 4.23. The van der Waals surface area contributed by atoms with Crippen LogP contribution < -0.4 is 0 Å². The molecule has 4 nitrogen and oxygen atoms in total. The summed E-state index contributed by atoms with van der Waals surface area (Å²) in [6.07, 6.45) is 4.36. The highest BCUT2D eigenvalue weighted by Crippen LogP contribution is 2.03. The van der Waals surface area contributed by atoms with Crippen LogP contribution in [0.5, 0.6) is 0 Å². The Labute approximate surface area is 77.7 Å². The molecule has 0 atom stereocenters. The molecule has 0 rings (SSSR count). The molecule has 0 spiro atoms. The molecule has 0 aromatic carbocycles. The van der Waals surface area contributed by atoms with Crippen LogP contribution in [0.1, 0.15) is 26.7 Å². The van der Waals surface area contributed by atoms with Crippen molar-refractivity contribution in [1.82, 2.24) is 0 Å². The van der Waals surface area contributed by atoms with Gasteiger partial charge in [0, 0.05) is 5.18 Å². The van der Waals surface area contributed by atoms with Gasteiger partial charge >= 0.3 is 0 Å². The Bertz CT molecular complexity index is 232. The van der Waals surface area contributed by atoms with E-state index in [0.29, 0.717) is 6.54 Å². The molecule has 0 aliphatic carbocycles. The lowest BCUT2D eigenvalue weighted by molar-refractivity contribution is -0.117. The van der Waals surface area contributed by atoms with Gasteiger partial charge in [0.05, 0.1) is 13.0 Å². The minimum absolute atomic E-state index is 0.0892. The highest BCUT2D eigenvalue weighted by atomic mass is 16.3. The van der Waals surface area contributed by atoms with Gasteiger partial charge in [0.1, 0.15) is 0 Å². The van der Waals surface area contributed by atoms with E-state index >= 15 is 0 Å². The molecule has 0 N–H and O–H groups in total. The second kappa shape index (κ2) is 7.34. The minimum Gasteiger partial charge on any atom is -0.293 e. The molecule has 0 bridgehead atoms. The second-order valence-corrected chi connectivity index (χ2v) is 2.50. The topological polar surface area (TPSA) is 58.9 Å². The molecule has 72 valence electrons. The van der Waals surface area contributed by atoms with E-state index < -0.39 is 5.91 Å². The Morgan fingerprint density at radius 2 is 2.15 bits per heavy atom. The third-order valence-electron chi connectivity index (χ3n) is 1.60. The van der Waals surface area contributed by atoms with Crippen molar-refractivity contribution < 1.29 is 4.79 Å². The van der Waals surface area contributed by atoms with Crippen molar-refractivity contribution >= 4 is 12.1 Å². The van der Waals surface area contributed by atoms with Crippen LogP contribution in [0.25, 0.3) is 0 Å². The molecule has 0 aromatic heterocycles. The number of amides is 1. The molecule has 13 heavy (non-hydrogen) atoms. The molecule has 0 aliphatic rings. The second-order valence-electron chi connectivity index (χ2n) is 2.50. The Hall–Kier alpha value is -1.32. The summed E-state index contributed by atoms with van der Waals surface area (Å²) in [5.41, 5.74) is 1.05. The predicted octanol–water partition coefficient (Wildman–Crippen LogP) is 2.10. The number of hydrogen-bond donors (Lipinski definition) is 0. The lowest BCUT2D eigenvalue weighted by Gasteiger charge is -1.97. The Morgan fingerprint density at radius 1 is 1.46 bits per heavy atom. The molecule has 0 heterocycles. The zero-order valence-corrected chi connectivity index (χ0v) is 7.99. The summed E-state index contributed by atoms with van der Waals surface area (Å²) in [5, 5.41) is 2.30. The monoisotopic (exact) mass is 182 g/mol. The van der Waals surface area contributed by atoms with E-state index in [2.05, 4.69) is 10.2 Å². The highest BCUT2D eigenvalue weighted by molar-refractivity contribution is 5.78. The molecular weight excluding hydrogens is 168 g/mol. The van der Waals surface area contributed by atoms with Gasteiger partial charge in [-0.25, -0.2) is 0 Å². The first-order valence-corrected chi connectivity index (χ1v) is 4.23. The van der Waals surface area contributed by atoms with Gasteiger partial charge < -0.3 is 0 Å². The van der Waals surface area contributed by atoms with E-state index in [9.17, 15) is 9.70 Å². The predicted molar refractivity (Wildman–Crippen MR) is 52.8 cm³/mol. The summed E-state index contributed by atoms with van der Waals surface area (Å²) in [4.78, 5) is 24.3. The van der Waals surface area contributed by atoms with Crippen LogP contribution in [0.15, 0.2) is 21.8 Å². The van der Waals surface area contributed by atoms with Crippen molar-refractivity contribution in [3.8, 4) is 0 Å². The van der Waals surface area contributed by atoms with E-state index in [1.165, 1.54) is 0 Å². The standard InChI is InChI=1S/C9H14N2O2/c1-3-8(7-10-4-2)5-6-9(12)11-13/h4-5H,3,6-7H2,1-2H3/b8-5-,10-4?. The van der Waals surface area contributed by atoms with Crippen molar-refractivity contribution in [3.63, 3.8) is 0 Å². The molecular formula is C9H14N2O2. The van der Waals surface area contributed by atoms with Crippen molar-refractivity contribution in [2.45, 2.75) is 26.7 Å². The zero-order valence-electron chi connectivity index (χ0n) is 7.99. The largest absolute Gasteiger partial charge is 0.293 e. The summed E-state index contributed by atoms with van der Waals surface area (Å²) >= 11 is 0. The third-order valence-corrected chi connectivity index (χ3v) is 1.60. The van der Waals surface area contributed by atoms with Crippen molar-refractivity contribution in [3.05, 3.63) is 16.6 Å². The van der Waals surface area contributed by atoms with Crippen molar-refractivity contribution in [1.29, 1.82) is 0 Å². The van der Waals surface area contributed by atoms with E-state index in [-0.39, 0.29) is 6.42 Å². The Balaban J connectivity index is 4.05. The van der Waals surface area contributed by atoms with E-state index in [1.54, 1.807) is 12.3 Å². The number of nitrogens with zero attached hydrogens (tertiary/aromatic N) is 2.